The third kappa shape index (κ3) is 5.35. The fourth-order valence-corrected chi connectivity index (χ4v) is 3.44. The maximum atomic E-state index is 12.0. The average molecular weight is 292 g/mol. The van der Waals surface area contributed by atoms with Gasteiger partial charge in [-0.3, -0.25) is 0 Å². The van der Waals surface area contributed by atoms with Crippen molar-refractivity contribution in [1.29, 1.82) is 0 Å². The second kappa shape index (κ2) is 7.09. The van der Waals surface area contributed by atoms with E-state index in [2.05, 4.69) is 5.32 Å². The summed E-state index contributed by atoms with van der Waals surface area (Å²) < 4.78 is 29.0. The molecule has 0 spiro atoms. The molecule has 1 aromatic carbocycles. The molecule has 0 amide bonds. The minimum atomic E-state index is -3.17. The summed E-state index contributed by atoms with van der Waals surface area (Å²) in [6, 6.07) is 6.65. The molecule has 102 valence electrons. The maximum Gasteiger partial charge on any atom is 0.156 e. The quantitative estimate of drug-likeness (QED) is 0.827. The van der Waals surface area contributed by atoms with Crippen LogP contribution in [0, 0.1) is 0 Å². The zero-order valence-corrected chi connectivity index (χ0v) is 12.1. The van der Waals surface area contributed by atoms with Crippen LogP contribution in [0.15, 0.2) is 24.3 Å². The van der Waals surface area contributed by atoms with Gasteiger partial charge in [0.25, 0.3) is 0 Å². The van der Waals surface area contributed by atoms with E-state index in [0.29, 0.717) is 11.6 Å². The van der Waals surface area contributed by atoms with E-state index < -0.39 is 9.84 Å². The van der Waals surface area contributed by atoms with Gasteiger partial charge in [-0.05, 0) is 24.7 Å². The van der Waals surface area contributed by atoms with E-state index in [1.807, 2.05) is 0 Å². The molecule has 6 heteroatoms. The lowest BCUT2D eigenvalue weighted by atomic mass is 10.2. The zero-order valence-electron chi connectivity index (χ0n) is 10.5. The van der Waals surface area contributed by atoms with Gasteiger partial charge < -0.3 is 10.1 Å². The van der Waals surface area contributed by atoms with Gasteiger partial charge in [-0.25, -0.2) is 8.42 Å². The Morgan fingerprint density at radius 1 is 1.33 bits per heavy atom. The third-order valence-corrected chi connectivity index (χ3v) is 4.47. The lowest BCUT2D eigenvalue weighted by molar-refractivity contribution is 0.176. The highest BCUT2D eigenvalue weighted by Crippen LogP contribution is 2.13. The van der Waals surface area contributed by atoms with Crippen LogP contribution < -0.4 is 5.32 Å². The zero-order chi connectivity index (χ0) is 13.6. The van der Waals surface area contributed by atoms with Gasteiger partial charge in [0.2, 0.25) is 0 Å². The van der Waals surface area contributed by atoms with E-state index >= 15 is 0 Å². The molecule has 1 unspecified atom stereocenters. The molecule has 18 heavy (non-hydrogen) atoms. The summed E-state index contributed by atoms with van der Waals surface area (Å²) in [7, 11) is 0.109. The van der Waals surface area contributed by atoms with Gasteiger partial charge in [0, 0.05) is 18.2 Å². The van der Waals surface area contributed by atoms with E-state index in [0.717, 1.165) is 5.56 Å². The monoisotopic (exact) mass is 291 g/mol. The Labute approximate surface area is 113 Å². The van der Waals surface area contributed by atoms with Crippen molar-refractivity contribution in [2.45, 2.75) is 11.8 Å². The van der Waals surface area contributed by atoms with Crippen LogP contribution in [0.25, 0.3) is 0 Å². The Kier molecular flexibility index (Phi) is 6.08. The van der Waals surface area contributed by atoms with Crippen LogP contribution in [0.1, 0.15) is 5.56 Å². The molecule has 0 aromatic heterocycles. The highest BCUT2D eigenvalue weighted by atomic mass is 35.5. The largest absolute Gasteiger partial charge is 0.383 e. The van der Waals surface area contributed by atoms with Crippen molar-refractivity contribution in [3.05, 3.63) is 34.9 Å². The summed E-state index contributed by atoms with van der Waals surface area (Å²) in [5.41, 5.74) is 0.742. The molecule has 0 aliphatic rings. The van der Waals surface area contributed by atoms with Crippen molar-refractivity contribution < 1.29 is 13.2 Å². The molecule has 0 aliphatic heterocycles. The van der Waals surface area contributed by atoms with Crippen molar-refractivity contribution in [2.75, 3.05) is 26.5 Å². The number of likely N-dealkylation sites (N-methyl/N-ethyl adjacent to an activating group) is 1. The highest BCUT2D eigenvalue weighted by molar-refractivity contribution is 7.90. The van der Waals surface area contributed by atoms with Gasteiger partial charge in [-0.15, -0.1) is 0 Å². The van der Waals surface area contributed by atoms with E-state index in [-0.39, 0.29) is 17.5 Å². The van der Waals surface area contributed by atoms with Gasteiger partial charge in [0.15, 0.2) is 9.84 Å². The number of methoxy groups -OCH3 is 1. The summed E-state index contributed by atoms with van der Waals surface area (Å²) >= 11 is 5.75. The number of halogens is 1. The van der Waals surface area contributed by atoms with Crippen molar-refractivity contribution in [3.8, 4) is 0 Å². The first-order valence-corrected chi connectivity index (χ1v) is 7.78. The van der Waals surface area contributed by atoms with Crippen LogP contribution in [-0.2, 0) is 20.3 Å². The minimum absolute atomic E-state index is 0.0199. The SMILES string of the molecule is CNC(COC)CS(=O)(=O)Cc1ccc(Cl)cc1. The van der Waals surface area contributed by atoms with Crippen LogP contribution >= 0.6 is 11.6 Å². The third-order valence-electron chi connectivity index (χ3n) is 2.53. The fourth-order valence-electron chi connectivity index (χ4n) is 1.62. The Morgan fingerprint density at radius 2 is 1.94 bits per heavy atom. The Balaban J connectivity index is 2.66. The molecule has 0 fully saturated rings. The standard InChI is InChI=1S/C12H18ClNO3S/c1-14-12(7-17-2)9-18(15,16)8-10-3-5-11(13)6-4-10/h3-6,12,14H,7-9H2,1-2H3. The molecule has 0 bridgehead atoms. The maximum absolute atomic E-state index is 12.0. The molecular formula is C12H18ClNO3S. The van der Waals surface area contributed by atoms with Crippen LogP contribution in [-0.4, -0.2) is 41.0 Å². The van der Waals surface area contributed by atoms with Crippen molar-refractivity contribution in [2.24, 2.45) is 0 Å². The lowest BCUT2D eigenvalue weighted by Gasteiger charge is -2.15. The number of hydrogen-bond donors (Lipinski definition) is 1. The predicted octanol–water partition coefficient (Wildman–Crippen LogP) is 1.49. The van der Waals surface area contributed by atoms with Crippen molar-refractivity contribution in [1.82, 2.24) is 5.32 Å². The Morgan fingerprint density at radius 3 is 2.44 bits per heavy atom. The van der Waals surface area contributed by atoms with Crippen LogP contribution in [0.4, 0.5) is 0 Å². The summed E-state index contributed by atoms with van der Waals surface area (Å²) in [4.78, 5) is 0. The molecule has 0 saturated carbocycles. The molecular weight excluding hydrogens is 274 g/mol. The van der Waals surface area contributed by atoms with E-state index in [4.69, 9.17) is 16.3 Å². The second-order valence-electron chi connectivity index (χ2n) is 4.12. The number of nitrogens with one attached hydrogen (secondary N) is 1. The Bertz CT molecular complexity index is 459. The highest BCUT2D eigenvalue weighted by Gasteiger charge is 2.18. The fraction of sp³-hybridized carbons (Fsp3) is 0.500. The first-order chi connectivity index (χ1) is 8.46. The van der Waals surface area contributed by atoms with Crippen molar-refractivity contribution in [3.63, 3.8) is 0 Å². The van der Waals surface area contributed by atoms with Crippen molar-refractivity contribution >= 4 is 21.4 Å². The Hall–Kier alpha value is -0.620. The van der Waals surface area contributed by atoms with Gasteiger partial charge in [0.1, 0.15) is 0 Å². The van der Waals surface area contributed by atoms with Crippen LogP contribution in [0.3, 0.4) is 0 Å². The number of benzene rings is 1. The molecule has 0 aliphatic carbocycles. The summed E-state index contributed by atoms with van der Waals surface area (Å²) in [6.07, 6.45) is 0. The average Bonchev–Trinajstić information content (AvgIpc) is 2.31. The number of ether oxygens (including phenoxy) is 1. The second-order valence-corrected chi connectivity index (χ2v) is 6.67. The first kappa shape index (κ1) is 15.4. The molecule has 1 atom stereocenters. The first-order valence-electron chi connectivity index (χ1n) is 5.58. The van der Waals surface area contributed by atoms with Gasteiger partial charge in [-0.2, -0.15) is 0 Å². The molecule has 0 saturated heterocycles. The van der Waals surface area contributed by atoms with E-state index in [1.54, 1.807) is 38.4 Å². The number of hydrogen-bond acceptors (Lipinski definition) is 4. The van der Waals surface area contributed by atoms with Crippen LogP contribution in [0.2, 0.25) is 5.02 Å². The van der Waals surface area contributed by atoms with Gasteiger partial charge in [0.05, 0.1) is 18.1 Å². The minimum Gasteiger partial charge on any atom is -0.383 e. The molecule has 0 heterocycles. The van der Waals surface area contributed by atoms with Gasteiger partial charge >= 0.3 is 0 Å². The smallest absolute Gasteiger partial charge is 0.156 e. The normalized spacial score (nSPS) is 13.5. The van der Waals surface area contributed by atoms with E-state index in [9.17, 15) is 8.42 Å². The van der Waals surface area contributed by atoms with Gasteiger partial charge in [-0.1, -0.05) is 23.7 Å². The van der Waals surface area contributed by atoms with E-state index in [1.165, 1.54) is 0 Å². The topological polar surface area (TPSA) is 55.4 Å². The predicted molar refractivity (Wildman–Crippen MR) is 73.7 cm³/mol. The molecule has 1 rings (SSSR count). The molecule has 4 nitrogen and oxygen atoms in total. The molecule has 0 radical (unpaired) electrons. The number of rotatable bonds is 7. The summed E-state index contributed by atoms with van der Waals surface area (Å²) in [5.74, 6) is 0.0754. The van der Waals surface area contributed by atoms with Crippen LogP contribution in [0.5, 0.6) is 0 Å². The summed E-state index contributed by atoms with van der Waals surface area (Å²) in [5, 5.41) is 3.53. The number of sulfone groups is 1. The summed E-state index contributed by atoms with van der Waals surface area (Å²) in [6.45, 7) is 0.371. The molecule has 1 aromatic rings. The lowest BCUT2D eigenvalue weighted by Crippen LogP contribution is -2.37. The molecule has 1 N–H and O–H groups in total.